The third-order valence-corrected chi connectivity index (χ3v) is 4.35. The molecular weight excluding hydrogens is 264 g/mol. The van der Waals surface area contributed by atoms with Gasteiger partial charge in [-0.2, -0.15) is 0 Å². The highest BCUT2D eigenvalue weighted by Crippen LogP contribution is 2.28. The largest absolute Gasteiger partial charge is 0.391 e. The molecule has 3 aromatic heterocycles. The van der Waals surface area contributed by atoms with Crippen LogP contribution in [0.1, 0.15) is 12.8 Å². The topological polar surface area (TPSA) is 54.2 Å². The van der Waals surface area contributed by atoms with Crippen molar-refractivity contribution in [3.8, 4) is 0 Å². The smallest absolute Gasteiger partial charge is 0.143 e. The van der Waals surface area contributed by atoms with E-state index >= 15 is 0 Å². The summed E-state index contributed by atoms with van der Waals surface area (Å²) >= 11 is 0. The van der Waals surface area contributed by atoms with E-state index in [0.29, 0.717) is 6.54 Å². The Morgan fingerprint density at radius 1 is 1.24 bits per heavy atom. The van der Waals surface area contributed by atoms with E-state index in [9.17, 15) is 5.11 Å². The fourth-order valence-electron chi connectivity index (χ4n) is 3.24. The minimum absolute atomic E-state index is 0.243. The fourth-order valence-corrected chi connectivity index (χ4v) is 3.24. The van der Waals surface area contributed by atoms with Gasteiger partial charge in [-0.3, -0.25) is 4.98 Å². The van der Waals surface area contributed by atoms with Gasteiger partial charge >= 0.3 is 0 Å². The number of aromatic nitrogens is 3. The summed E-state index contributed by atoms with van der Waals surface area (Å²) in [5, 5.41) is 12.1. The van der Waals surface area contributed by atoms with E-state index in [-0.39, 0.29) is 6.10 Å². The van der Waals surface area contributed by atoms with Gasteiger partial charge in [-0.25, -0.2) is 4.98 Å². The molecule has 1 N–H and O–H groups in total. The molecule has 1 aliphatic rings. The molecule has 3 aromatic rings. The van der Waals surface area contributed by atoms with Crippen LogP contribution in [0.25, 0.3) is 21.9 Å². The number of aliphatic hydroxyl groups excluding tert-OH is 1. The van der Waals surface area contributed by atoms with Crippen molar-refractivity contribution >= 4 is 27.8 Å². The Labute approximate surface area is 122 Å². The van der Waals surface area contributed by atoms with Gasteiger partial charge in [-0.1, -0.05) is 0 Å². The second-order valence-electron chi connectivity index (χ2n) is 5.73. The lowest BCUT2D eigenvalue weighted by molar-refractivity contribution is 0.154. The van der Waals surface area contributed by atoms with Crippen LogP contribution in [0.2, 0.25) is 0 Å². The van der Waals surface area contributed by atoms with Crippen molar-refractivity contribution in [3.05, 3.63) is 30.6 Å². The summed E-state index contributed by atoms with van der Waals surface area (Å²) in [6.45, 7) is 1.63. The van der Waals surface area contributed by atoms with E-state index < -0.39 is 0 Å². The Bertz CT molecular complexity index is 810. The number of aliphatic hydroxyl groups is 1. The van der Waals surface area contributed by atoms with Crippen LogP contribution in [-0.4, -0.2) is 38.8 Å². The number of rotatable bonds is 1. The van der Waals surface area contributed by atoms with Gasteiger partial charge in [0.2, 0.25) is 0 Å². The fraction of sp³-hybridized carbons (Fsp3) is 0.375. The molecule has 5 heteroatoms. The molecule has 0 saturated carbocycles. The zero-order valence-electron chi connectivity index (χ0n) is 12.0. The van der Waals surface area contributed by atoms with Gasteiger partial charge in [0.05, 0.1) is 11.6 Å². The van der Waals surface area contributed by atoms with Crippen LogP contribution >= 0.6 is 0 Å². The summed E-state index contributed by atoms with van der Waals surface area (Å²) in [5.74, 6) is 0.945. The third kappa shape index (κ3) is 1.96. The molecule has 1 fully saturated rings. The average molecular weight is 282 g/mol. The Morgan fingerprint density at radius 2 is 2.14 bits per heavy atom. The Kier molecular flexibility index (Phi) is 2.82. The molecule has 108 valence electrons. The summed E-state index contributed by atoms with van der Waals surface area (Å²) in [5.41, 5.74) is 2.11. The van der Waals surface area contributed by atoms with Crippen molar-refractivity contribution < 1.29 is 5.11 Å². The number of β-amino-alcohol motifs (C(OH)–C–C–N with tert-alkyl or cyclic N) is 1. The maximum Gasteiger partial charge on any atom is 0.143 e. The highest BCUT2D eigenvalue weighted by Gasteiger charge is 2.20. The SMILES string of the molecule is Cn1c2ccncc2c2ccc(N3CCC[C@H](O)C3)nc21. The van der Waals surface area contributed by atoms with Gasteiger partial charge in [0.1, 0.15) is 11.5 Å². The zero-order valence-corrected chi connectivity index (χ0v) is 12.0. The highest BCUT2D eigenvalue weighted by molar-refractivity contribution is 6.06. The molecule has 0 radical (unpaired) electrons. The van der Waals surface area contributed by atoms with Crippen molar-refractivity contribution in [2.75, 3.05) is 18.0 Å². The summed E-state index contributed by atoms with van der Waals surface area (Å²) < 4.78 is 2.11. The Balaban J connectivity index is 1.86. The molecule has 0 bridgehead atoms. The number of pyridine rings is 2. The Morgan fingerprint density at radius 3 is 3.00 bits per heavy atom. The minimum atomic E-state index is -0.243. The normalized spacial score (nSPS) is 19.5. The molecule has 1 saturated heterocycles. The van der Waals surface area contributed by atoms with E-state index in [2.05, 4.69) is 20.5 Å². The number of aryl methyl sites for hydroxylation is 1. The van der Waals surface area contributed by atoms with Crippen molar-refractivity contribution in [2.24, 2.45) is 7.05 Å². The maximum absolute atomic E-state index is 9.84. The molecule has 4 rings (SSSR count). The summed E-state index contributed by atoms with van der Waals surface area (Å²) in [7, 11) is 2.03. The van der Waals surface area contributed by atoms with Gasteiger partial charge in [0.25, 0.3) is 0 Å². The van der Waals surface area contributed by atoms with Crippen LogP contribution in [-0.2, 0) is 7.05 Å². The van der Waals surface area contributed by atoms with Crippen molar-refractivity contribution in [1.82, 2.24) is 14.5 Å². The van der Waals surface area contributed by atoms with Crippen LogP contribution in [0.15, 0.2) is 30.6 Å². The first-order chi connectivity index (χ1) is 10.2. The molecule has 1 atom stereocenters. The molecule has 0 aromatic carbocycles. The van der Waals surface area contributed by atoms with Crippen molar-refractivity contribution in [3.63, 3.8) is 0 Å². The second-order valence-corrected chi connectivity index (χ2v) is 5.73. The van der Waals surface area contributed by atoms with Crippen LogP contribution in [0, 0.1) is 0 Å². The van der Waals surface area contributed by atoms with E-state index in [1.807, 2.05) is 31.6 Å². The lowest BCUT2D eigenvalue weighted by Gasteiger charge is -2.31. The minimum Gasteiger partial charge on any atom is -0.391 e. The molecule has 1 aliphatic heterocycles. The summed E-state index contributed by atoms with van der Waals surface area (Å²) in [6.07, 6.45) is 5.36. The molecule has 21 heavy (non-hydrogen) atoms. The van der Waals surface area contributed by atoms with Crippen LogP contribution in [0.5, 0.6) is 0 Å². The molecule has 5 nitrogen and oxygen atoms in total. The quantitative estimate of drug-likeness (QED) is 0.742. The summed E-state index contributed by atoms with van der Waals surface area (Å²) in [4.78, 5) is 11.2. The molecule has 0 spiro atoms. The first-order valence-electron chi connectivity index (χ1n) is 7.36. The number of piperidine rings is 1. The van der Waals surface area contributed by atoms with Crippen molar-refractivity contribution in [1.29, 1.82) is 0 Å². The van der Waals surface area contributed by atoms with Gasteiger partial charge in [-0.15, -0.1) is 0 Å². The molecule has 0 amide bonds. The van der Waals surface area contributed by atoms with Crippen molar-refractivity contribution in [2.45, 2.75) is 18.9 Å². The monoisotopic (exact) mass is 282 g/mol. The lowest BCUT2D eigenvalue weighted by atomic mass is 10.1. The highest BCUT2D eigenvalue weighted by atomic mass is 16.3. The molecule has 0 aliphatic carbocycles. The number of fused-ring (bicyclic) bond motifs is 3. The average Bonchev–Trinajstić information content (AvgIpc) is 2.81. The van der Waals surface area contributed by atoms with Gasteiger partial charge in [-0.05, 0) is 31.0 Å². The van der Waals surface area contributed by atoms with Gasteiger partial charge < -0.3 is 14.6 Å². The molecule has 4 heterocycles. The predicted octanol–water partition coefficient (Wildman–Crippen LogP) is 2.08. The maximum atomic E-state index is 9.84. The number of nitrogens with zero attached hydrogens (tertiary/aromatic N) is 4. The van der Waals surface area contributed by atoms with Crippen LogP contribution in [0.4, 0.5) is 5.82 Å². The van der Waals surface area contributed by atoms with E-state index in [4.69, 9.17) is 4.98 Å². The van der Waals surface area contributed by atoms with E-state index in [0.717, 1.165) is 47.1 Å². The molecular formula is C16H18N4O. The van der Waals surface area contributed by atoms with Gasteiger partial charge in [0.15, 0.2) is 0 Å². The summed E-state index contributed by atoms with van der Waals surface area (Å²) in [6, 6.07) is 6.18. The number of hydrogen-bond acceptors (Lipinski definition) is 4. The second kappa shape index (κ2) is 4.70. The number of anilines is 1. The predicted molar refractivity (Wildman–Crippen MR) is 83.5 cm³/mol. The van der Waals surface area contributed by atoms with Crippen LogP contribution < -0.4 is 4.90 Å². The van der Waals surface area contributed by atoms with E-state index in [1.54, 1.807) is 0 Å². The first-order valence-corrected chi connectivity index (χ1v) is 7.36. The third-order valence-electron chi connectivity index (χ3n) is 4.35. The van der Waals surface area contributed by atoms with E-state index in [1.165, 1.54) is 0 Å². The Hall–Kier alpha value is -2.14. The van der Waals surface area contributed by atoms with Crippen LogP contribution in [0.3, 0.4) is 0 Å². The molecule has 0 unspecified atom stereocenters. The number of hydrogen-bond donors (Lipinski definition) is 1. The van der Waals surface area contributed by atoms with Gasteiger partial charge in [0, 0.05) is 43.3 Å². The standard InChI is InChI=1S/C16H18N4O/c1-19-14-6-7-17-9-13(14)12-4-5-15(18-16(12)19)20-8-2-3-11(21)10-20/h4-7,9,11,21H,2-3,8,10H2,1H3/t11-/m0/s1. The zero-order chi connectivity index (χ0) is 14.4. The lowest BCUT2D eigenvalue weighted by Crippen LogP contribution is -2.38. The first kappa shape index (κ1) is 12.6.